The van der Waals surface area contributed by atoms with E-state index in [4.69, 9.17) is 0 Å². The van der Waals surface area contributed by atoms with E-state index in [0.717, 1.165) is 11.3 Å². The van der Waals surface area contributed by atoms with Crippen LogP contribution in [-0.2, 0) is 4.79 Å². The average molecular weight is 249 g/mol. The quantitative estimate of drug-likeness (QED) is 0.869. The second kappa shape index (κ2) is 5.11. The first-order chi connectivity index (χ1) is 9.33. The first-order valence-corrected chi connectivity index (χ1v) is 6.45. The van der Waals surface area contributed by atoms with Gasteiger partial charge in [-0.3, -0.25) is 4.79 Å². The molecule has 0 aromatic heterocycles. The third-order valence-corrected chi connectivity index (χ3v) is 3.36. The Balaban J connectivity index is 1.97. The van der Waals surface area contributed by atoms with Crippen molar-refractivity contribution in [1.82, 2.24) is 5.32 Å². The zero-order valence-electron chi connectivity index (χ0n) is 10.5. The Hall–Kier alpha value is -2.35. The molecule has 2 aromatic carbocycles. The molecule has 0 fully saturated rings. The third kappa shape index (κ3) is 2.58. The topological polar surface area (TPSA) is 29.1 Å². The number of hydrogen-bond donors (Lipinski definition) is 1. The van der Waals surface area contributed by atoms with E-state index in [2.05, 4.69) is 23.5 Å². The third-order valence-electron chi connectivity index (χ3n) is 3.36. The van der Waals surface area contributed by atoms with Crippen molar-refractivity contribution < 1.29 is 4.79 Å². The van der Waals surface area contributed by atoms with Gasteiger partial charge >= 0.3 is 0 Å². The molecule has 0 bridgehead atoms. The van der Waals surface area contributed by atoms with Crippen LogP contribution in [0.3, 0.4) is 0 Å². The largest absolute Gasteiger partial charge is 0.326 e. The van der Waals surface area contributed by atoms with Crippen LogP contribution in [0.5, 0.6) is 0 Å². The monoisotopic (exact) mass is 249 g/mol. The molecule has 3 rings (SSSR count). The van der Waals surface area contributed by atoms with Gasteiger partial charge in [-0.15, -0.1) is 0 Å². The lowest BCUT2D eigenvalue weighted by Crippen LogP contribution is -2.28. The van der Waals surface area contributed by atoms with Gasteiger partial charge in [0.15, 0.2) is 0 Å². The van der Waals surface area contributed by atoms with E-state index in [0.29, 0.717) is 6.42 Å². The average Bonchev–Trinajstić information content (AvgIpc) is 2.48. The molecule has 0 saturated heterocycles. The highest BCUT2D eigenvalue weighted by molar-refractivity contribution is 5.90. The molecule has 1 unspecified atom stereocenters. The Morgan fingerprint density at radius 1 is 0.895 bits per heavy atom. The summed E-state index contributed by atoms with van der Waals surface area (Å²) < 4.78 is 0. The summed E-state index contributed by atoms with van der Waals surface area (Å²) in [5.74, 6) is 0.236. The molecule has 1 N–H and O–H groups in total. The molecule has 2 aromatic rings. The van der Waals surface area contributed by atoms with Gasteiger partial charge in [-0.25, -0.2) is 0 Å². The number of carbonyl (C=O) groups is 1. The Morgan fingerprint density at radius 2 is 1.53 bits per heavy atom. The molecule has 1 aliphatic heterocycles. The van der Waals surface area contributed by atoms with Gasteiger partial charge in [0.05, 0.1) is 0 Å². The van der Waals surface area contributed by atoms with Gasteiger partial charge in [-0.2, -0.15) is 0 Å². The van der Waals surface area contributed by atoms with Gasteiger partial charge < -0.3 is 5.32 Å². The number of allylic oxidation sites excluding steroid dienone is 1. The molecule has 1 amide bonds. The van der Waals surface area contributed by atoms with Crippen LogP contribution in [0.1, 0.15) is 23.5 Å². The zero-order chi connectivity index (χ0) is 13.1. The predicted octanol–water partition coefficient (Wildman–Crippen LogP) is 3.33. The van der Waals surface area contributed by atoms with Crippen molar-refractivity contribution in [1.29, 1.82) is 0 Å². The van der Waals surface area contributed by atoms with Gasteiger partial charge in [0, 0.05) is 18.0 Å². The Kier molecular flexibility index (Phi) is 3.15. The van der Waals surface area contributed by atoms with Crippen LogP contribution in [0.4, 0.5) is 0 Å². The molecule has 0 radical (unpaired) electrons. The maximum absolute atomic E-state index is 11.9. The maximum Gasteiger partial charge on any atom is 0.225 e. The molecular weight excluding hydrogens is 234 g/mol. The van der Waals surface area contributed by atoms with E-state index < -0.39 is 0 Å². The smallest absolute Gasteiger partial charge is 0.225 e. The molecule has 0 aliphatic carbocycles. The summed E-state index contributed by atoms with van der Waals surface area (Å²) >= 11 is 0. The summed E-state index contributed by atoms with van der Waals surface area (Å²) in [6.45, 7) is 0. The molecule has 2 heteroatoms. The fourth-order valence-corrected chi connectivity index (χ4v) is 2.40. The van der Waals surface area contributed by atoms with Crippen LogP contribution in [0.25, 0.3) is 5.70 Å². The van der Waals surface area contributed by atoms with E-state index >= 15 is 0 Å². The number of carbonyl (C=O) groups excluding carboxylic acids is 1. The fourth-order valence-electron chi connectivity index (χ4n) is 2.40. The standard InChI is InChI=1S/C17H15NO/c19-17-12-15(13-7-3-1-4-8-13)11-16(18-17)14-9-5-2-6-10-14/h1-11,15H,12H2,(H,18,19). The van der Waals surface area contributed by atoms with Gasteiger partial charge in [-0.1, -0.05) is 66.7 Å². The van der Waals surface area contributed by atoms with Crippen molar-refractivity contribution in [2.45, 2.75) is 12.3 Å². The van der Waals surface area contributed by atoms with Crippen LogP contribution in [0.15, 0.2) is 66.7 Å². The molecule has 1 aliphatic rings. The van der Waals surface area contributed by atoms with E-state index in [1.165, 1.54) is 5.56 Å². The lowest BCUT2D eigenvalue weighted by molar-refractivity contribution is -0.120. The molecule has 94 valence electrons. The summed E-state index contributed by atoms with van der Waals surface area (Å²) in [6.07, 6.45) is 2.66. The minimum Gasteiger partial charge on any atom is -0.326 e. The molecule has 1 heterocycles. The van der Waals surface area contributed by atoms with E-state index in [9.17, 15) is 4.79 Å². The molecule has 2 nitrogen and oxygen atoms in total. The van der Waals surface area contributed by atoms with E-state index in [1.807, 2.05) is 48.5 Å². The highest BCUT2D eigenvalue weighted by Gasteiger charge is 2.21. The fraction of sp³-hybridized carbons (Fsp3) is 0.118. The first-order valence-electron chi connectivity index (χ1n) is 6.45. The molecule has 1 atom stereocenters. The number of rotatable bonds is 2. The van der Waals surface area contributed by atoms with Crippen LogP contribution >= 0.6 is 0 Å². The highest BCUT2D eigenvalue weighted by atomic mass is 16.1. The minimum absolute atomic E-state index is 0.0789. The van der Waals surface area contributed by atoms with Crippen molar-refractivity contribution >= 4 is 11.6 Å². The van der Waals surface area contributed by atoms with Crippen molar-refractivity contribution in [3.05, 3.63) is 77.9 Å². The van der Waals surface area contributed by atoms with Crippen LogP contribution < -0.4 is 5.32 Å². The lowest BCUT2D eigenvalue weighted by Gasteiger charge is -2.22. The number of benzene rings is 2. The number of amides is 1. The van der Waals surface area contributed by atoms with E-state index in [-0.39, 0.29) is 11.8 Å². The van der Waals surface area contributed by atoms with Crippen LogP contribution in [0, 0.1) is 0 Å². The first kappa shape index (κ1) is 11.7. The van der Waals surface area contributed by atoms with Gasteiger partial charge in [0.2, 0.25) is 5.91 Å². The SMILES string of the molecule is O=C1CC(c2ccccc2)C=C(c2ccccc2)N1. The number of nitrogens with one attached hydrogen (secondary N) is 1. The number of hydrogen-bond acceptors (Lipinski definition) is 1. The molecule has 0 spiro atoms. The van der Waals surface area contributed by atoms with E-state index in [1.54, 1.807) is 0 Å². The highest BCUT2D eigenvalue weighted by Crippen LogP contribution is 2.28. The minimum atomic E-state index is 0.0789. The van der Waals surface area contributed by atoms with Crippen LogP contribution in [-0.4, -0.2) is 5.91 Å². The second-order valence-electron chi connectivity index (χ2n) is 4.72. The molecule has 0 saturated carbocycles. The Morgan fingerprint density at radius 3 is 2.21 bits per heavy atom. The maximum atomic E-state index is 11.9. The van der Waals surface area contributed by atoms with Crippen molar-refractivity contribution in [3.8, 4) is 0 Å². The zero-order valence-corrected chi connectivity index (χ0v) is 10.5. The van der Waals surface area contributed by atoms with Crippen LogP contribution in [0.2, 0.25) is 0 Å². The lowest BCUT2D eigenvalue weighted by atomic mass is 9.90. The summed E-state index contributed by atoms with van der Waals surface area (Å²) in [5, 5.41) is 2.95. The summed E-state index contributed by atoms with van der Waals surface area (Å²) in [6, 6.07) is 20.1. The molecule has 19 heavy (non-hydrogen) atoms. The normalized spacial score (nSPS) is 18.6. The Bertz CT molecular complexity index is 602. The summed E-state index contributed by atoms with van der Waals surface area (Å²) in [7, 11) is 0. The molecular formula is C17H15NO. The second-order valence-corrected chi connectivity index (χ2v) is 4.72. The van der Waals surface area contributed by atoms with Gasteiger partial charge in [0.25, 0.3) is 0 Å². The predicted molar refractivity (Wildman–Crippen MR) is 76.4 cm³/mol. The summed E-state index contributed by atoms with van der Waals surface area (Å²) in [4.78, 5) is 11.9. The van der Waals surface area contributed by atoms with Crippen molar-refractivity contribution in [2.75, 3.05) is 0 Å². The van der Waals surface area contributed by atoms with Crippen molar-refractivity contribution in [3.63, 3.8) is 0 Å². The summed E-state index contributed by atoms with van der Waals surface area (Å²) in [5.41, 5.74) is 3.15. The Labute approximate surface area is 112 Å². The van der Waals surface area contributed by atoms with Gasteiger partial charge in [0.1, 0.15) is 0 Å². The van der Waals surface area contributed by atoms with Crippen molar-refractivity contribution in [2.24, 2.45) is 0 Å². The van der Waals surface area contributed by atoms with Gasteiger partial charge in [-0.05, 0) is 11.1 Å².